The molecule has 0 bridgehead atoms. The maximum Gasteiger partial charge on any atom is 0.328 e. The normalized spacial score (nSPS) is 21.0. The second-order valence-corrected chi connectivity index (χ2v) is 3.24. The second-order valence-electron chi connectivity index (χ2n) is 3.24. The molecule has 0 aromatic rings. The summed E-state index contributed by atoms with van der Waals surface area (Å²) in [6.07, 6.45) is 1.55. The van der Waals surface area contributed by atoms with Gasteiger partial charge in [0.05, 0.1) is 13.7 Å². The van der Waals surface area contributed by atoms with Crippen LogP contribution in [0.5, 0.6) is 0 Å². The van der Waals surface area contributed by atoms with Gasteiger partial charge in [-0.3, -0.25) is 4.79 Å². The van der Waals surface area contributed by atoms with Crippen molar-refractivity contribution in [1.82, 2.24) is 4.90 Å². The fourth-order valence-corrected chi connectivity index (χ4v) is 1.69. The number of esters is 1. The molecule has 1 heterocycles. The molecule has 1 saturated heterocycles. The van der Waals surface area contributed by atoms with E-state index in [1.807, 2.05) is 0 Å². The highest BCUT2D eigenvalue weighted by atomic mass is 16.5. The summed E-state index contributed by atoms with van der Waals surface area (Å²) in [6.45, 7) is 0.405. The average Bonchev–Trinajstić information content (AvgIpc) is 2.65. The number of methoxy groups -OCH3 is 1. The first-order chi connectivity index (χ1) is 6.70. The molecule has 80 valence electrons. The molecule has 1 fully saturated rings. The lowest BCUT2D eigenvalue weighted by molar-refractivity contribution is -0.151. The van der Waals surface area contributed by atoms with Gasteiger partial charge in [0.1, 0.15) is 6.04 Å². The van der Waals surface area contributed by atoms with Crippen molar-refractivity contribution in [2.24, 2.45) is 0 Å². The Balaban J connectivity index is 2.59. The largest absolute Gasteiger partial charge is 0.467 e. The van der Waals surface area contributed by atoms with E-state index in [1.54, 1.807) is 0 Å². The van der Waals surface area contributed by atoms with Gasteiger partial charge in [0.15, 0.2) is 0 Å². The van der Waals surface area contributed by atoms with E-state index in [1.165, 1.54) is 12.0 Å². The number of aliphatic hydroxyl groups excluding tert-OH is 1. The minimum Gasteiger partial charge on any atom is -0.467 e. The van der Waals surface area contributed by atoms with Gasteiger partial charge >= 0.3 is 5.97 Å². The van der Waals surface area contributed by atoms with Crippen molar-refractivity contribution in [3.8, 4) is 0 Å². The summed E-state index contributed by atoms with van der Waals surface area (Å²) in [5, 5.41) is 8.62. The quantitative estimate of drug-likeness (QED) is 0.627. The molecule has 0 aromatic carbocycles. The molecule has 1 N–H and O–H groups in total. The number of amides is 1. The molecule has 1 atom stereocenters. The van der Waals surface area contributed by atoms with Gasteiger partial charge in [0, 0.05) is 13.0 Å². The Labute approximate surface area is 82.6 Å². The first-order valence-corrected chi connectivity index (χ1v) is 4.69. The molecule has 1 rings (SSSR count). The van der Waals surface area contributed by atoms with Crippen LogP contribution in [0.1, 0.15) is 19.3 Å². The van der Waals surface area contributed by atoms with E-state index in [-0.39, 0.29) is 24.9 Å². The molecule has 0 spiro atoms. The van der Waals surface area contributed by atoms with Crippen LogP contribution in [0.4, 0.5) is 0 Å². The number of nitrogens with zero attached hydrogens (tertiary/aromatic N) is 1. The Hall–Kier alpha value is -1.10. The average molecular weight is 201 g/mol. The van der Waals surface area contributed by atoms with Crippen LogP contribution in [0, 0.1) is 0 Å². The molecule has 1 aliphatic heterocycles. The van der Waals surface area contributed by atoms with Gasteiger partial charge in [-0.2, -0.15) is 0 Å². The summed E-state index contributed by atoms with van der Waals surface area (Å²) in [5.41, 5.74) is 0. The summed E-state index contributed by atoms with van der Waals surface area (Å²) >= 11 is 0. The fraction of sp³-hybridized carbons (Fsp3) is 0.778. The van der Waals surface area contributed by atoms with Crippen molar-refractivity contribution in [3.63, 3.8) is 0 Å². The number of rotatable bonds is 3. The van der Waals surface area contributed by atoms with Crippen molar-refractivity contribution >= 4 is 11.9 Å². The van der Waals surface area contributed by atoms with Crippen molar-refractivity contribution in [2.45, 2.75) is 25.3 Å². The molecule has 5 heteroatoms. The molecule has 0 saturated carbocycles. The molecule has 1 aliphatic rings. The second kappa shape index (κ2) is 4.95. The zero-order valence-corrected chi connectivity index (χ0v) is 8.23. The third-order valence-electron chi connectivity index (χ3n) is 2.37. The van der Waals surface area contributed by atoms with E-state index in [0.29, 0.717) is 13.0 Å². The summed E-state index contributed by atoms with van der Waals surface area (Å²) < 4.78 is 4.60. The van der Waals surface area contributed by atoms with Gasteiger partial charge in [-0.1, -0.05) is 0 Å². The number of aliphatic hydroxyl groups is 1. The van der Waals surface area contributed by atoms with E-state index >= 15 is 0 Å². The van der Waals surface area contributed by atoms with Crippen molar-refractivity contribution in [1.29, 1.82) is 0 Å². The minimum atomic E-state index is -0.445. The first-order valence-electron chi connectivity index (χ1n) is 4.69. The number of hydrogen-bond donors (Lipinski definition) is 1. The molecule has 5 nitrogen and oxygen atoms in total. The van der Waals surface area contributed by atoms with Gasteiger partial charge in [-0.15, -0.1) is 0 Å². The lowest BCUT2D eigenvalue weighted by Gasteiger charge is -2.22. The van der Waals surface area contributed by atoms with Gasteiger partial charge in [-0.05, 0) is 12.8 Å². The minimum absolute atomic E-state index is 0.0769. The van der Waals surface area contributed by atoms with Crippen LogP contribution in [0.2, 0.25) is 0 Å². The van der Waals surface area contributed by atoms with E-state index < -0.39 is 6.04 Å². The number of likely N-dealkylation sites (tertiary alicyclic amines) is 1. The predicted molar refractivity (Wildman–Crippen MR) is 48.5 cm³/mol. The van der Waals surface area contributed by atoms with Gasteiger partial charge in [0.2, 0.25) is 5.91 Å². The van der Waals surface area contributed by atoms with Crippen molar-refractivity contribution in [2.75, 3.05) is 20.3 Å². The van der Waals surface area contributed by atoms with Crippen molar-refractivity contribution < 1.29 is 19.4 Å². The zero-order valence-electron chi connectivity index (χ0n) is 8.23. The maximum atomic E-state index is 11.4. The summed E-state index contributed by atoms with van der Waals surface area (Å²) in [4.78, 5) is 24.2. The lowest BCUT2D eigenvalue weighted by atomic mass is 10.2. The number of ether oxygens (including phenoxy) is 1. The number of hydrogen-bond acceptors (Lipinski definition) is 4. The van der Waals surface area contributed by atoms with Crippen LogP contribution in [0.15, 0.2) is 0 Å². The van der Waals surface area contributed by atoms with Crippen LogP contribution in [0.3, 0.4) is 0 Å². The van der Waals surface area contributed by atoms with Gasteiger partial charge < -0.3 is 14.7 Å². The van der Waals surface area contributed by atoms with Crippen LogP contribution in [-0.2, 0) is 14.3 Å². The predicted octanol–water partition coefficient (Wildman–Crippen LogP) is -0.467. The smallest absolute Gasteiger partial charge is 0.328 e. The molecule has 0 aromatic heterocycles. The monoisotopic (exact) mass is 201 g/mol. The molecule has 1 amide bonds. The van der Waals surface area contributed by atoms with Crippen molar-refractivity contribution in [3.05, 3.63) is 0 Å². The highest BCUT2D eigenvalue weighted by molar-refractivity contribution is 5.85. The molecular formula is C9H15NO4. The van der Waals surface area contributed by atoms with Crippen LogP contribution >= 0.6 is 0 Å². The highest BCUT2D eigenvalue weighted by Crippen LogP contribution is 2.18. The third kappa shape index (κ3) is 2.23. The Morgan fingerprint density at radius 1 is 1.57 bits per heavy atom. The van der Waals surface area contributed by atoms with Crippen LogP contribution in [0.25, 0.3) is 0 Å². The molecule has 0 aliphatic carbocycles. The van der Waals surface area contributed by atoms with Gasteiger partial charge in [0.25, 0.3) is 0 Å². The number of carbonyl (C=O) groups excluding carboxylic acids is 2. The van der Waals surface area contributed by atoms with Gasteiger partial charge in [-0.25, -0.2) is 4.79 Å². The Morgan fingerprint density at radius 3 is 2.86 bits per heavy atom. The molecule has 0 radical (unpaired) electrons. The first kappa shape index (κ1) is 11.0. The summed E-state index contributed by atoms with van der Waals surface area (Å²) in [7, 11) is 1.31. The number of carbonyl (C=O) groups is 2. The topological polar surface area (TPSA) is 66.8 Å². The van der Waals surface area contributed by atoms with Crippen LogP contribution < -0.4 is 0 Å². The molecule has 0 unspecified atom stereocenters. The highest BCUT2D eigenvalue weighted by Gasteiger charge is 2.34. The fourth-order valence-electron chi connectivity index (χ4n) is 1.69. The van der Waals surface area contributed by atoms with E-state index in [4.69, 9.17) is 5.11 Å². The van der Waals surface area contributed by atoms with Crippen LogP contribution in [-0.4, -0.2) is 48.2 Å². The van der Waals surface area contributed by atoms with E-state index in [0.717, 1.165) is 6.42 Å². The summed E-state index contributed by atoms with van der Waals surface area (Å²) in [6, 6.07) is -0.445. The lowest BCUT2D eigenvalue weighted by Crippen LogP contribution is -2.41. The third-order valence-corrected chi connectivity index (χ3v) is 2.37. The Bertz CT molecular complexity index is 229. The summed E-state index contributed by atoms with van der Waals surface area (Å²) in [5.74, 6) is -0.547. The van der Waals surface area contributed by atoms with E-state index in [9.17, 15) is 9.59 Å². The zero-order chi connectivity index (χ0) is 10.6. The Morgan fingerprint density at radius 2 is 2.29 bits per heavy atom. The SMILES string of the molecule is COC(=O)[C@H]1CCCN1C(=O)CCO. The maximum absolute atomic E-state index is 11.4. The molecule has 14 heavy (non-hydrogen) atoms. The Kier molecular flexibility index (Phi) is 3.88. The molecular weight excluding hydrogens is 186 g/mol. The standard InChI is InChI=1S/C9H15NO4/c1-14-9(13)7-3-2-5-10(7)8(12)4-6-11/h7,11H,2-6H2,1H3/t7-/m1/s1. The van der Waals surface area contributed by atoms with E-state index in [2.05, 4.69) is 4.74 Å².